The lowest BCUT2D eigenvalue weighted by atomic mass is 9.78. The first kappa shape index (κ1) is 21.9. The molecule has 0 aliphatic carbocycles. The van der Waals surface area contributed by atoms with E-state index in [1.807, 2.05) is 31.2 Å². The number of hydrogen-bond donors (Lipinski definition) is 0. The Bertz CT molecular complexity index is 1090. The summed E-state index contributed by atoms with van der Waals surface area (Å²) < 4.78 is 8.22. The van der Waals surface area contributed by atoms with E-state index in [-0.39, 0.29) is 5.78 Å². The maximum atomic E-state index is 13.6. The number of carbonyl (C=O) groups is 1. The van der Waals surface area contributed by atoms with Gasteiger partial charge in [-0.2, -0.15) is 10.5 Å². The lowest BCUT2D eigenvalue weighted by Gasteiger charge is -2.56. The molecule has 0 radical (unpaired) electrons. The second-order valence-corrected chi connectivity index (χ2v) is 9.72. The van der Waals surface area contributed by atoms with E-state index in [4.69, 9.17) is 15.3 Å². The number of unbranched alkanes of at least 4 members (excludes halogenated alkanes) is 2. The summed E-state index contributed by atoms with van der Waals surface area (Å²) >= 11 is 0. The van der Waals surface area contributed by atoms with Crippen LogP contribution in [0.2, 0.25) is 0 Å². The molecule has 6 heteroatoms. The molecule has 0 saturated carbocycles. The van der Waals surface area contributed by atoms with Crippen LogP contribution in [0.25, 0.3) is 5.69 Å². The number of rotatable bonds is 8. The summed E-state index contributed by atoms with van der Waals surface area (Å²) in [6.07, 6.45) is 8.09. The summed E-state index contributed by atoms with van der Waals surface area (Å²) in [5, 5.41) is 18.0. The van der Waals surface area contributed by atoms with Gasteiger partial charge in [0.1, 0.15) is 0 Å². The average Bonchev–Trinajstić information content (AvgIpc) is 3.14. The van der Waals surface area contributed by atoms with Crippen LogP contribution in [0.15, 0.2) is 30.3 Å². The Labute approximate surface area is 195 Å². The number of piperidine rings is 2. The number of carbonyl (C=O) groups excluding carboxylic acids is 1. The third-order valence-electron chi connectivity index (χ3n) is 7.64. The highest BCUT2D eigenvalue weighted by Crippen LogP contribution is 2.42. The molecule has 1 aromatic heterocycles. The van der Waals surface area contributed by atoms with E-state index in [0.29, 0.717) is 42.8 Å². The number of aromatic nitrogens is 1. The maximum Gasteiger partial charge on any atom is 0.178 e. The highest BCUT2D eigenvalue weighted by Gasteiger charge is 2.48. The van der Waals surface area contributed by atoms with Crippen molar-refractivity contribution in [2.24, 2.45) is 0 Å². The lowest BCUT2D eigenvalue weighted by molar-refractivity contribution is -0.179. The van der Waals surface area contributed by atoms with Crippen molar-refractivity contribution in [2.45, 2.75) is 82.6 Å². The quantitative estimate of drug-likeness (QED) is 0.445. The Morgan fingerprint density at radius 3 is 2.33 bits per heavy atom. The lowest BCUT2D eigenvalue weighted by Crippen LogP contribution is -2.63. The Hall–Kier alpha value is -2.93. The fraction of sp³-hybridized carbons (Fsp3) is 0.519. The van der Waals surface area contributed by atoms with E-state index in [9.17, 15) is 4.79 Å². The minimum absolute atomic E-state index is 0.187. The van der Waals surface area contributed by atoms with E-state index in [0.717, 1.165) is 67.6 Å². The van der Waals surface area contributed by atoms with Gasteiger partial charge in [-0.3, -0.25) is 9.69 Å². The van der Waals surface area contributed by atoms with E-state index in [2.05, 4.69) is 27.7 Å². The Kier molecular flexibility index (Phi) is 6.06. The number of aryl methyl sites for hydroxylation is 1. The molecule has 0 amide bonds. The van der Waals surface area contributed by atoms with Crippen molar-refractivity contribution in [3.05, 3.63) is 52.8 Å². The highest BCUT2D eigenvalue weighted by molar-refractivity contribution is 5.99. The van der Waals surface area contributed by atoms with Gasteiger partial charge in [0.2, 0.25) is 0 Å². The van der Waals surface area contributed by atoms with Crippen LogP contribution in [-0.4, -0.2) is 46.1 Å². The number of ketones is 1. The van der Waals surface area contributed by atoms with Gasteiger partial charge in [-0.25, -0.2) is 0 Å². The van der Waals surface area contributed by atoms with Crippen molar-refractivity contribution in [1.29, 1.82) is 10.5 Å². The number of benzene rings is 1. The average molecular weight is 443 g/mol. The Balaban J connectivity index is 1.40. The molecule has 0 unspecified atom stereocenters. The number of hydrogen-bond acceptors (Lipinski definition) is 5. The van der Waals surface area contributed by atoms with Gasteiger partial charge in [-0.15, -0.1) is 0 Å². The number of ether oxygens (including phenoxy) is 1. The molecule has 4 aliphatic rings. The van der Waals surface area contributed by atoms with Crippen molar-refractivity contribution in [1.82, 2.24) is 9.47 Å². The topological polar surface area (TPSA) is 82.0 Å². The summed E-state index contributed by atoms with van der Waals surface area (Å²) in [7, 11) is 0. The SMILES string of the molecule is Cc1c(C(=O)CN2[C@H]3C[C@H]4C[C@@H]2C[C@@H](C3)O4)cc(CCCCC#N)n1-c1ccc(C#N)cc1. The van der Waals surface area contributed by atoms with Gasteiger partial charge in [0.15, 0.2) is 5.78 Å². The third kappa shape index (κ3) is 4.22. The minimum Gasteiger partial charge on any atom is -0.375 e. The zero-order valence-electron chi connectivity index (χ0n) is 19.2. The first-order valence-electron chi connectivity index (χ1n) is 12.1. The minimum atomic E-state index is 0.187. The molecule has 4 fully saturated rings. The van der Waals surface area contributed by atoms with E-state index >= 15 is 0 Å². The summed E-state index contributed by atoms with van der Waals surface area (Å²) in [6, 6.07) is 14.9. The normalized spacial score (nSPS) is 25.7. The van der Waals surface area contributed by atoms with E-state index in [1.165, 1.54) is 0 Å². The van der Waals surface area contributed by atoms with Crippen LogP contribution in [0.4, 0.5) is 0 Å². The number of Topliss-reactive ketones (excluding diaryl/α,β-unsaturated/α-hetero) is 1. The van der Waals surface area contributed by atoms with Crippen molar-refractivity contribution in [2.75, 3.05) is 6.54 Å². The fourth-order valence-electron chi connectivity index (χ4n) is 6.13. The molecule has 6 nitrogen and oxygen atoms in total. The summed E-state index contributed by atoms with van der Waals surface area (Å²) in [4.78, 5) is 16.0. The molecule has 4 bridgehead atoms. The summed E-state index contributed by atoms with van der Waals surface area (Å²) in [5.74, 6) is 0.187. The van der Waals surface area contributed by atoms with Crippen LogP contribution >= 0.6 is 0 Å². The van der Waals surface area contributed by atoms with Crippen LogP contribution in [-0.2, 0) is 11.2 Å². The molecule has 33 heavy (non-hydrogen) atoms. The molecule has 0 atom stereocenters. The largest absolute Gasteiger partial charge is 0.375 e. The predicted octanol–water partition coefficient (Wildman–Crippen LogP) is 4.47. The van der Waals surface area contributed by atoms with Crippen LogP contribution in [0.3, 0.4) is 0 Å². The molecule has 170 valence electrons. The Morgan fingerprint density at radius 2 is 1.73 bits per heavy atom. The van der Waals surface area contributed by atoms with Gasteiger partial charge in [-0.1, -0.05) is 0 Å². The number of nitriles is 2. The molecule has 4 saturated heterocycles. The molecule has 0 N–H and O–H groups in total. The molecular formula is C27H30N4O2. The maximum absolute atomic E-state index is 13.6. The smallest absolute Gasteiger partial charge is 0.178 e. The molecule has 1 aromatic carbocycles. The Morgan fingerprint density at radius 1 is 1.06 bits per heavy atom. The molecule has 4 aliphatic heterocycles. The van der Waals surface area contributed by atoms with E-state index in [1.54, 1.807) is 0 Å². The van der Waals surface area contributed by atoms with Gasteiger partial charge in [0.05, 0.1) is 36.5 Å². The van der Waals surface area contributed by atoms with Gasteiger partial charge < -0.3 is 9.30 Å². The van der Waals surface area contributed by atoms with Gasteiger partial charge in [-0.05, 0) is 82.2 Å². The monoisotopic (exact) mass is 442 g/mol. The number of nitrogens with zero attached hydrogens (tertiary/aromatic N) is 4. The van der Waals surface area contributed by atoms with Crippen LogP contribution in [0.5, 0.6) is 0 Å². The molecule has 0 spiro atoms. The van der Waals surface area contributed by atoms with Crippen molar-refractivity contribution in [3.63, 3.8) is 0 Å². The fourth-order valence-corrected chi connectivity index (χ4v) is 6.13. The van der Waals surface area contributed by atoms with Gasteiger partial charge in [0.25, 0.3) is 0 Å². The second-order valence-electron chi connectivity index (χ2n) is 9.72. The standard InChI is InChI=1S/C27H30N4O2/c1-18-26(27(32)17-30-22-11-24-13-23(30)14-25(12-22)33-24)15-21(5-3-2-4-10-28)31(18)20-8-6-19(16-29)7-9-20/h6-9,15,22-25H,2-5,11-14,17H2,1H3/t22-,23+,24-,25+. The third-order valence-corrected chi connectivity index (χ3v) is 7.64. The van der Waals surface area contributed by atoms with Crippen molar-refractivity contribution >= 4 is 5.78 Å². The van der Waals surface area contributed by atoms with Crippen LogP contribution in [0.1, 0.15) is 72.3 Å². The molecule has 5 heterocycles. The predicted molar refractivity (Wildman–Crippen MR) is 124 cm³/mol. The van der Waals surface area contributed by atoms with Crippen molar-refractivity contribution in [3.8, 4) is 17.8 Å². The van der Waals surface area contributed by atoms with Gasteiger partial charge >= 0.3 is 0 Å². The van der Waals surface area contributed by atoms with Crippen LogP contribution < -0.4 is 0 Å². The van der Waals surface area contributed by atoms with Crippen molar-refractivity contribution < 1.29 is 9.53 Å². The highest BCUT2D eigenvalue weighted by atomic mass is 16.5. The van der Waals surface area contributed by atoms with E-state index < -0.39 is 0 Å². The summed E-state index contributed by atoms with van der Waals surface area (Å²) in [5.41, 5.74) is 4.42. The first-order chi connectivity index (χ1) is 16.1. The van der Waals surface area contributed by atoms with Gasteiger partial charge in [0, 0.05) is 41.1 Å². The van der Waals surface area contributed by atoms with Crippen LogP contribution in [0, 0.1) is 29.6 Å². The second kappa shape index (κ2) is 9.14. The molecular weight excluding hydrogens is 412 g/mol. The summed E-state index contributed by atoms with van der Waals surface area (Å²) in [6.45, 7) is 2.49. The zero-order chi connectivity index (χ0) is 22.9. The molecule has 2 aromatic rings. The first-order valence-corrected chi connectivity index (χ1v) is 12.1. The molecule has 6 rings (SSSR count). The zero-order valence-corrected chi connectivity index (χ0v) is 19.2.